The highest BCUT2D eigenvalue weighted by molar-refractivity contribution is 5.94. The number of rotatable bonds is 6. The van der Waals surface area contributed by atoms with Gasteiger partial charge in [-0.25, -0.2) is 0 Å². The van der Waals surface area contributed by atoms with Crippen LogP contribution < -0.4 is 15.4 Å². The molecule has 116 valence electrons. The summed E-state index contributed by atoms with van der Waals surface area (Å²) >= 11 is 0. The van der Waals surface area contributed by atoms with E-state index in [1.807, 2.05) is 18.2 Å². The first-order chi connectivity index (χ1) is 10.2. The second-order valence-electron chi connectivity index (χ2n) is 5.71. The van der Waals surface area contributed by atoms with E-state index in [2.05, 4.69) is 17.6 Å². The Balaban J connectivity index is 1.81. The van der Waals surface area contributed by atoms with Crippen molar-refractivity contribution in [1.29, 1.82) is 0 Å². The fourth-order valence-corrected chi connectivity index (χ4v) is 2.82. The second kappa shape index (κ2) is 8.03. The monoisotopic (exact) mass is 290 g/mol. The summed E-state index contributed by atoms with van der Waals surface area (Å²) < 4.78 is 5.16. The average molecular weight is 290 g/mol. The highest BCUT2D eigenvalue weighted by atomic mass is 16.5. The second-order valence-corrected chi connectivity index (χ2v) is 5.71. The Morgan fingerprint density at radius 3 is 2.62 bits per heavy atom. The van der Waals surface area contributed by atoms with Crippen molar-refractivity contribution in [2.24, 2.45) is 0 Å². The van der Waals surface area contributed by atoms with Crippen molar-refractivity contribution in [1.82, 2.24) is 10.6 Å². The number of amides is 1. The van der Waals surface area contributed by atoms with Crippen molar-refractivity contribution in [2.45, 2.75) is 51.1 Å². The van der Waals surface area contributed by atoms with E-state index < -0.39 is 0 Å². The third-order valence-electron chi connectivity index (χ3n) is 4.08. The first-order valence-electron chi connectivity index (χ1n) is 7.91. The van der Waals surface area contributed by atoms with Crippen LogP contribution in [0.5, 0.6) is 5.75 Å². The van der Waals surface area contributed by atoms with E-state index in [9.17, 15) is 4.79 Å². The molecule has 1 aromatic carbocycles. The van der Waals surface area contributed by atoms with Crippen LogP contribution in [0, 0.1) is 0 Å². The molecule has 1 amide bonds. The summed E-state index contributed by atoms with van der Waals surface area (Å²) in [6, 6.07) is 8.22. The van der Waals surface area contributed by atoms with Crippen LogP contribution in [0.3, 0.4) is 0 Å². The summed E-state index contributed by atoms with van der Waals surface area (Å²) in [5, 5.41) is 6.70. The Hall–Kier alpha value is -1.55. The molecule has 0 atom stereocenters. The zero-order chi connectivity index (χ0) is 15.1. The van der Waals surface area contributed by atoms with Crippen LogP contribution in [0.2, 0.25) is 0 Å². The van der Waals surface area contributed by atoms with Gasteiger partial charge in [0, 0.05) is 17.6 Å². The zero-order valence-electron chi connectivity index (χ0n) is 13.0. The zero-order valence-corrected chi connectivity index (χ0v) is 13.0. The van der Waals surface area contributed by atoms with Gasteiger partial charge >= 0.3 is 0 Å². The molecule has 21 heavy (non-hydrogen) atoms. The average Bonchev–Trinajstić information content (AvgIpc) is 2.54. The number of benzene rings is 1. The van der Waals surface area contributed by atoms with Crippen LogP contribution in [0.4, 0.5) is 0 Å². The molecule has 0 saturated heterocycles. The number of carbonyl (C=O) groups excluding carboxylic acids is 1. The van der Waals surface area contributed by atoms with Crippen LogP contribution in [0.25, 0.3) is 0 Å². The lowest BCUT2D eigenvalue weighted by Gasteiger charge is -2.29. The normalized spacial score (nSPS) is 21.8. The number of nitrogens with one attached hydrogen (secondary N) is 2. The molecule has 1 saturated carbocycles. The van der Waals surface area contributed by atoms with Gasteiger partial charge in [0.25, 0.3) is 5.91 Å². The maximum Gasteiger partial charge on any atom is 0.251 e. The van der Waals surface area contributed by atoms with Crippen LogP contribution in [-0.2, 0) is 0 Å². The van der Waals surface area contributed by atoms with Gasteiger partial charge in [-0.2, -0.15) is 0 Å². The molecule has 2 rings (SSSR count). The largest absolute Gasteiger partial charge is 0.497 e. The van der Waals surface area contributed by atoms with Crippen LogP contribution >= 0.6 is 0 Å². The molecule has 0 spiro atoms. The van der Waals surface area contributed by atoms with Gasteiger partial charge in [0.1, 0.15) is 5.75 Å². The number of carbonyl (C=O) groups is 1. The topological polar surface area (TPSA) is 50.4 Å². The number of hydrogen-bond donors (Lipinski definition) is 2. The number of ether oxygens (including phenoxy) is 1. The fraction of sp³-hybridized carbons (Fsp3) is 0.588. The maximum atomic E-state index is 12.3. The molecule has 0 aromatic heterocycles. The van der Waals surface area contributed by atoms with Crippen LogP contribution in [0.15, 0.2) is 24.3 Å². The van der Waals surface area contributed by atoms with Crippen molar-refractivity contribution < 1.29 is 9.53 Å². The summed E-state index contributed by atoms with van der Waals surface area (Å²) in [7, 11) is 1.61. The summed E-state index contributed by atoms with van der Waals surface area (Å²) in [4.78, 5) is 12.3. The van der Waals surface area contributed by atoms with E-state index in [-0.39, 0.29) is 5.91 Å². The Kier molecular flexibility index (Phi) is 6.05. The van der Waals surface area contributed by atoms with E-state index in [4.69, 9.17) is 4.74 Å². The van der Waals surface area contributed by atoms with Crippen molar-refractivity contribution in [3.63, 3.8) is 0 Å². The molecule has 0 radical (unpaired) electrons. The van der Waals surface area contributed by atoms with Crippen LogP contribution in [-0.4, -0.2) is 31.6 Å². The highest BCUT2D eigenvalue weighted by Gasteiger charge is 2.22. The Morgan fingerprint density at radius 2 is 1.95 bits per heavy atom. The van der Waals surface area contributed by atoms with Gasteiger partial charge in [0.15, 0.2) is 0 Å². The van der Waals surface area contributed by atoms with Gasteiger partial charge in [-0.1, -0.05) is 13.0 Å². The third kappa shape index (κ3) is 4.74. The summed E-state index contributed by atoms with van der Waals surface area (Å²) in [5.41, 5.74) is 0.667. The van der Waals surface area contributed by atoms with Crippen molar-refractivity contribution >= 4 is 5.91 Å². The lowest BCUT2D eigenvalue weighted by molar-refractivity contribution is 0.0924. The molecular weight excluding hydrogens is 264 g/mol. The van der Waals surface area contributed by atoms with Gasteiger partial charge in [-0.15, -0.1) is 0 Å². The molecule has 4 heteroatoms. The lowest BCUT2D eigenvalue weighted by atomic mass is 9.91. The minimum absolute atomic E-state index is 0.00105. The van der Waals surface area contributed by atoms with E-state index in [0.29, 0.717) is 17.6 Å². The first kappa shape index (κ1) is 15.8. The predicted molar refractivity (Wildman–Crippen MR) is 84.8 cm³/mol. The molecule has 1 aliphatic carbocycles. The van der Waals surface area contributed by atoms with Gasteiger partial charge in [-0.3, -0.25) is 4.79 Å². The fourth-order valence-electron chi connectivity index (χ4n) is 2.82. The molecular formula is C17H26N2O2. The first-order valence-corrected chi connectivity index (χ1v) is 7.91. The molecule has 1 aliphatic rings. The molecule has 2 N–H and O–H groups in total. The molecule has 0 heterocycles. The smallest absolute Gasteiger partial charge is 0.251 e. The summed E-state index contributed by atoms with van der Waals surface area (Å²) in [6.07, 6.45) is 5.56. The predicted octanol–water partition coefficient (Wildman–Crippen LogP) is 2.74. The SMILES string of the molecule is CCCNC1CCC(NC(=O)c2cccc(OC)c2)CC1. The Morgan fingerprint density at radius 1 is 1.24 bits per heavy atom. The van der Waals surface area contributed by atoms with E-state index in [1.165, 1.54) is 6.42 Å². The molecule has 1 aromatic rings. The quantitative estimate of drug-likeness (QED) is 0.847. The Bertz CT molecular complexity index is 454. The van der Waals surface area contributed by atoms with Crippen molar-refractivity contribution in [3.8, 4) is 5.75 Å². The molecule has 0 aliphatic heterocycles. The van der Waals surface area contributed by atoms with E-state index in [0.717, 1.165) is 38.0 Å². The molecule has 0 unspecified atom stereocenters. The highest BCUT2D eigenvalue weighted by Crippen LogP contribution is 2.19. The number of hydrogen-bond acceptors (Lipinski definition) is 3. The summed E-state index contributed by atoms with van der Waals surface area (Å²) in [5.74, 6) is 0.717. The molecule has 4 nitrogen and oxygen atoms in total. The maximum absolute atomic E-state index is 12.3. The molecule has 1 fully saturated rings. The van der Waals surface area contributed by atoms with E-state index in [1.54, 1.807) is 13.2 Å². The molecule has 0 bridgehead atoms. The van der Waals surface area contributed by atoms with Gasteiger partial charge < -0.3 is 15.4 Å². The minimum atomic E-state index is -0.00105. The third-order valence-corrected chi connectivity index (χ3v) is 4.08. The van der Waals surface area contributed by atoms with Gasteiger partial charge in [0.05, 0.1) is 7.11 Å². The van der Waals surface area contributed by atoms with Crippen LogP contribution in [0.1, 0.15) is 49.4 Å². The minimum Gasteiger partial charge on any atom is -0.497 e. The lowest BCUT2D eigenvalue weighted by Crippen LogP contribution is -2.42. The van der Waals surface area contributed by atoms with E-state index >= 15 is 0 Å². The summed E-state index contributed by atoms with van der Waals surface area (Å²) in [6.45, 7) is 3.28. The van der Waals surface area contributed by atoms with Gasteiger partial charge in [0.2, 0.25) is 0 Å². The Labute approximate surface area is 127 Å². The van der Waals surface area contributed by atoms with Crippen molar-refractivity contribution in [2.75, 3.05) is 13.7 Å². The number of methoxy groups -OCH3 is 1. The standard InChI is InChI=1S/C17H26N2O2/c1-3-11-18-14-7-9-15(10-8-14)19-17(20)13-5-4-6-16(12-13)21-2/h4-6,12,14-15,18H,3,7-11H2,1-2H3,(H,19,20). The van der Waals surface area contributed by atoms with Gasteiger partial charge in [-0.05, 0) is 56.8 Å². The van der Waals surface area contributed by atoms with Crippen molar-refractivity contribution in [3.05, 3.63) is 29.8 Å².